The van der Waals surface area contributed by atoms with Crippen LogP contribution in [0.5, 0.6) is 0 Å². The van der Waals surface area contributed by atoms with E-state index < -0.39 is 5.54 Å². The Morgan fingerprint density at radius 1 is 1.40 bits per heavy atom. The molecular weight excluding hydrogens is 274 g/mol. The highest BCUT2D eigenvalue weighted by Crippen LogP contribution is 2.37. The molecule has 1 N–H and O–H groups in total. The van der Waals surface area contributed by atoms with Gasteiger partial charge in [-0.1, -0.05) is 30.7 Å². The molecule has 0 saturated heterocycles. The summed E-state index contributed by atoms with van der Waals surface area (Å²) in [6.07, 6.45) is 3.63. The zero-order valence-corrected chi connectivity index (χ0v) is 12.9. The molecular formula is C16H22ClNO2. The Balaban J connectivity index is 2.23. The van der Waals surface area contributed by atoms with E-state index in [2.05, 4.69) is 12.2 Å². The van der Waals surface area contributed by atoms with Gasteiger partial charge in [-0.2, -0.15) is 0 Å². The number of nitrogens with one attached hydrogen (secondary N) is 1. The van der Waals surface area contributed by atoms with Crippen LogP contribution in [0.4, 0.5) is 5.69 Å². The van der Waals surface area contributed by atoms with Crippen molar-refractivity contribution in [1.82, 2.24) is 0 Å². The average Bonchev–Trinajstić information content (AvgIpc) is 2.44. The van der Waals surface area contributed by atoms with Gasteiger partial charge in [-0.3, -0.25) is 0 Å². The fourth-order valence-corrected chi connectivity index (χ4v) is 2.91. The third-order valence-corrected chi connectivity index (χ3v) is 4.37. The molecule has 1 saturated carbocycles. The first-order chi connectivity index (χ1) is 9.57. The molecule has 0 aliphatic heterocycles. The van der Waals surface area contributed by atoms with Gasteiger partial charge in [0, 0.05) is 0 Å². The highest BCUT2D eigenvalue weighted by Gasteiger charge is 2.42. The Hall–Kier alpha value is -1.22. The Bertz CT molecular complexity index is 467. The normalized spacial score (nSPS) is 26.1. The number of carbonyl (C=O) groups is 1. The van der Waals surface area contributed by atoms with Crippen molar-refractivity contribution in [2.24, 2.45) is 5.92 Å². The summed E-state index contributed by atoms with van der Waals surface area (Å²) in [5, 5.41) is 4.00. The fourth-order valence-electron chi connectivity index (χ4n) is 2.72. The van der Waals surface area contributed by atoms with Gasteiger partial charge >= 0.3 is 5.97 Å². The maximum atomic E-state index is 12.4. The van der Waals surface area contributed by atoms with Crippen LogP contribution < -0.4 is 5.32 Å². The summed E-state index contributed by atoms with van der Waals surface area (Å²) >= 11 is 6.20. The van der Waals surface area contributed by atoms with Gasteiger partial charge in [0.2, 0.25) is 0 Å². The lowest BCUT2D eigenvalue weighted by atomic mass is 9.77. The lowest BCUT2D eigenvalue weighted by molar-refractivity contribution is -0.150. The molecule has 1 aliphatic carbocycles. The van der Waals surface area contributed by atoms with Crippen LogP contribution in [0, 0.1) is 5.92 Å². The summed E-state index contributed by atoms with van der Waals surface area (Å²) in [5.41, 5.74) is 0.171. The zero-order valence-electron chi connectivity index (χ0n) is 12.1. The molecule has 1 aliphatic rings. The Kier molecular flexibility index (Phi) is 4.92. The number of esters is 1. The molecule has 0 radical (unpaired) electrons. The summed E-state index contributed by atoms with van der Waals surface area (Å²) < 4.78 is 5.29. The van der Waals surface area contributed by atoms with Crippen molar-refractivity contribution in [2.45, 2.75) is 45.1 Å². The van der Waals surface area contributed by atoms with Gasteiger partial charge in [-0.25, -0.2) is 4.79 Å². The largest absolute Gasteiger partial charge is 0.464 e. The monoisotopic (exact) mass is 295 g/mol. The predicted molar refractivity (Wildman–Crippen MR) is 82.1 cm³/mol. The topological polar surface area (TPSA) is 38.3 Å². The number of carbonyl (C=O) groups excluding carboxylic acids is 1. The van der Waals surface area contributed by atoms with Crippen molar-refractivity contribution >= 4 is 23.3 Å². The minimum absolute atomic E-state index is 0.160. The summed E-state index contributed by atoms with van der Waals surface area (Å²) in [6, 6.07) is 7.53. The molecule has 0 spiro atoms. The van der Waals surface area contributed by atoms with Crippen LogP contribution in [0.15, 0.2) is 24.3 Å². The third kappa shape index (κ3) is 3.26. The Morgan fingerprint density at radius 3 is 2.65 bits per heavy atom. The number of rotatable bonds is 4. The smallest absolute Gasteiger partial charge is 0.331 e. The van der Waals surface area contributed by atoms with E-state index in [-0.39, 0.29) is 5.97 Å². The fraction of sp³-hybridized carbons (Fsp3) is 0.562. The molecule has 20 heavy (non-hydrogen) atoms. The zero-order chi connectivity index (χ0) is 14.6. The van der Waals surface area contributed by atoms with Crippen LogP contribution in [0.25, 0.3) is 0 Å². The van der Waals surface area contributed by atoms with Gasteiger partial charge in [0.05, 0.1) is 17.3 Å². The van der Waals surface area contributed by atoms with E-state index in [9.17, 15) is 4.79 Å². The molecule has 4 heteroatoms. The first kappa shape index (κ1) is 15.2. The summed E-state index contributed by atoms with van der Waals surface area (Å²) in [7, 11) is 0. The highest BCUT2D eigenvalue weighted by atomic mass is 35.5. The number of anilines is 1. The van der Waals surface area contributed by atoms with Gasteiger partial charge in [0.25, 0.3) is 0 Å². The van der Waals surface area contributed by atoms with E-state index >= 15 is 0 Å². The molecule has 3 nitrogen and oxygen atoms in total. The van der Waals surface area contributed by atoms with E-state index in [1.165, 1.54) is 0 Å². The minimum Gasteiger partial charge on any atom is -0.464 e. The lowest BCUT2D eigenvalue weighted by Crippen LogP contribution is -2.50. The molecule has 1 aromatic carbocycles. The second-order valence-corrected chi connectivity index (χ2v) is 6.00. The van der Waals surface area contributed by atoms with Crippen molar-refractivity contribution in [2.75, 3.05) is 11.9 Å². The molecule has 0 unspecified atom stereocenters. The second-order valence-electron chi connectivity index (χ2n) is 5.59. The average molecular weight is 296 g/mol. The van der Waals surface area contributed by atoms with Crippen LogP contribution in [-0.4, -0.2) is 18.1 Å². The van der Waals surface area contributed by atoms with Gasteiger partial charge in [-0.15, -0.1) is 0 Å². The van der Waals surface area contributed by atoms with E-state index in [1.807, 2.05) is 31.2 Å². The highest BCUT2D eigenvalue weighted by molar-refractivity contribution is 6.33. The van der Waals surface area contributed by atoms with E-state index in [4.69, 9.17) is 16.3 Å². The van der Waals surface area contributed by atoms with Crippen LogP contribution in [0.2, 0.25) is 5.02 Å². The molecule has 0 aromatic heterocycles. The number of para-hydroxylation sites is 1. The van der Waals surface area contributed by atoms with E-state index in [0.29, 0.717) is 17.5 Å². The number of hydrogen-bond acceptors (Lipinski definition) is 3. The maximum absolute atomic E-state index is 12.4. The van der Waals surface area contributed by atoms with Crippen molar-refractivity contribution < 1.29 is 9.53 Å². The van der Waals surface area contributed by atoms with Crippen molar-refractivity contribution in [1.29, 1.82) is 0 Å². The Morgan fingerprint density at radius 2 is 2.05 bits per heavy atom. The maximum Gasteiger partial charge on any atom is 0.331 e. The molecule has 1 aromatic rings. The van der Waals surface area contributed by atoms with Gasteiger partial charge in [-0.05, 0) is 50.7 Å². The SMILES string of the molecule is CCOC(=O)C1(Nc2ccccc2Cl)CCC(C)CC1. The van der Waals surface area contributed by atoms with Crippen LogP contribution in [0.3, 0.4) is 0 Å². The number of hydrogen-bond donors (Lipinski definition) is 1. The van der Waals surface area contributed by atoms with Crippen molar-refractivity contribution in [3.05, 3.63) is 29.3 Å². The van der Waals surface area contributed by atoms with Crippen molar-refractivity contribution in [3.8, 4) is 0 Å². The standard InChI is InChI=1S/C16H22ClNO2/c1-3-20-15(19)16(10-8-12(2)9-11-16)18-14-7-5-4-6-13(14)17/h4-7,12,18H,3,8-11H2,1-2H3. The van der Waals surface area contributed by atoms with E-state index in [0.717, 1.165) is 31.4 Å². The number of ether oxygens (including phenoxy) is 1. The third-order valence-electron chi connectivity index (χ3n) is 4.04. The van der Waals surface area contributed by atoms with Crippen LogP contribution >= 0.6 is 11.6 Å². The molecule has 0 bridgehead atoms. The second kappa shape index (κ2) is 6.49. The molecule has 0 amide bonds. The summed E-state index contributed by atoms with van der Waals surface area (Å²) in [6.45, 7) is 4.47. The molecule has 0 heterocycles. The number of halogens is 1. The first-order valence-electron chi connectivity index (χ1n) is 7.27. The quantitative estimate of drug-likeness (QED) is 0.843. The van der Waals surface area contributed by atoms with Crippen LogP contribution in [0.1, 0.15) is 39.5 Å². The van der Waals surface area contributed by atoms with Gasteiger partial charge in [0.1, 0.15) is 5.54 Å². The molecule has 110 valence electrons. The minimum atomic E-state index is -0.631. The first-order valence-corrected chi connectivity index (χ1v) is 7.65. The van der Waals surface area contributed by atoms with Gasteiger partial charge < -0.3 is 10.1 Å². The van der Waals surface area contributed by atoms with Crippen molar-refractivity contribution in [3.63, 3.8) is 0 Å². The Labute approximate surface area is 125 Å². The predicted octanol–water partition coefficient (Wildman–Crippen LogP) is 4.26. The summed E-state index contributed by atoms with van der Waals surface area (Å²) in [4.78, 5) is 12.4. The summed E-state index contributed by atoms with van der Waals surface area (Å²) in [5.74, 6) is 0.498. The molecule has 0 atom stereocenters. The van der Waals surface area contributed by atoms with E-state index in [1.54, 1.807) is 0 Å². The molecule has 2 rings (SSSR count). The molecule has 1 fully saturated rings. The lowest BCUT2D eigenvalue weighted by Gasteiger charge is -2.38. The van der Waals surface area contributed by atoms with Gasteiger partial charge in [0.15, 0.2) is 0 Å². The number of benzene rings is 1. The van der Waals surface area contributed by atoms with Crippen LogP contribution in [-0.2, 0) is 9.53 Å².